The molecule has 13 heteroatoms. The number of anilines is 1. The number of carbonyl (C=O) groups is 4. The highest BCUT2D eigenvalue weighted by Gasteiger charge is 2.24. The quantitative estimate of drug-likeness (QED) is 0.315. The van der Waals surface area contributed by atoms with Crippen LogP contribution in [-0.2, 0) is 19.1 Å². The Kier molecular flexibility index (Phi) is 8.81. The Morgan fingerprint density at radius 2 is 1.94 bits per heavy atom. The first kappa shape index (κ1) is 26.4. The van der Waals surface area contributed by atoms with E-state index in [1.807, 2.05) is 0 Å². The lowest BCUT2D eigenvalue weighted by Gasteiger charge is -2.19. The number of hydrogen-bond donors (Lipinski definition) is 4. The van der Waals surface area contributed by atoms with Crippen molar-refractivity contribution in [3.8, 4) is 10.6 Å². The maximum atomic E-state index is 12.5. The standard InChI is InChI=1S/C21H25N5O7S/c1-11(19(30)32-5)23-16(28)13(9-27)24-17(29)14-10-34-18(25-14)12-6-7-15(22-8-12)26-20(31)33-21(2,3)4/h6-8,10,13,27H,1,9H2,2-5H3,(H,23,28)(H,24,29)(H,22,26,31)/t13-/m0/s1. The van der Waals surface area contributed by atoms with E-state index in [4.69, 9.17) is 4.74 Å². The zero-order valence-corrected chi connectivity index (χ0v) is 19.8. The summed E-state index contributed by atoms with van der Waals surface area (Å²) >= 11 is 1.16. The molecule has 1 atom stereocenters. The number of nitrogens with one attached hydrogen (secondary N) is 3. The molecule has 2 aromatic heterocycles. The summed E-state index contributed by atoms with van der Waals surface area (Å²) in [5.41, 5.74) is -0.390. The Hall–Kier alpha value is -3.84. The van der Waals surface area contributed by atoms with Crippen molar-refractivity contribution in [2.24, 2.45) is 0 Å². The van der Waals surface area contributed by atoms with Crippen LogP contribution in [0.25, 0.3) is 10.6 Å². The molecule has 2 aromatic rings. The van der Waals surface area contributed by atoms with Crippen molar-refractivity contribution >= 4 is 41.0 Å². The average molecular weight is 492 g/mol. The maximum absolute atomic E-state index is 12.5. The largest absolute Gasteiger partial charge is 0.464 e. The van der Waals surface area contributed by atoms with Crippen molar-refractivity contribution in [2.75, 3.05) is 19.0 Å². The van der Waals surface area contributed by atoms with Gasteiger partial charge in [-0.3, -0.25) is 14.9 Å². The van der Waals surface area contributed by atoms with Crippen LogP contribution in [-0.4, -0.2) is 64.3 Å². The number of amides is 3. The highest BCUT2D eigenvalue weighted by atomic mass is 32.1. The Balaban J connectivity index is 2.01. The zero-order valence-electron chi connectivity index (χ0n) is 19.0. The predicted octanol–water partition coefficient (Wildman–Crippen LogP) is 1.45. The number of methoxy groups -OCH3 is 1. The van der Waals surface area contributed by atoms with E-state index in [0.29, 0.717) is 10.6 Å². The van der Waals surface area contributed by atoms with Crippen LogP contribution in [0.4, 0.5) is 10.6 Å². The second-order valence-corrected chi connectivity index (χ2v) is 8.62. The van der Waals surface area contributed by atoms with Gasteiger partial charge in [-0.25, -0.2) is 19.6 Å². The molecule has 0 aliphatic heterocycles. The normalized spacial score (nSPS) is 11.7. The maximum Gasteiger partial charge on any atom is 0.413 e. The van der Waals surface area contributed by atoms with Gasteiger partial charge in [0.25, 0.3) is 5.91 Å². The van der Waals surface area contributed by atoms with Crippen molar-refractivity contribution in [2.45, 2.75) is 32.4 Å². The number of thiazole rings is 1. The minimum absolute atomic E-state index is 0.00833. The van der Waals surface area contributed by atoms with E-state index >= 15 is 0 Å². The van der Waals surface area contributed by atoms with Gasteiger partial charge in [0.2, 0.25) is 5.91 Å². The number of aliphatic hydroxyl groups excluding tert-OH is 1. The SMILES string of the molecule is C=C(NC(=O)[C@H](CO)NC(=O)c1csc(-c2ccc(NC(=O)OC(C)(C)C)nc2)n1)C(=O)OC. The first-order valence-corrected chi connectivity index (χ1v) is 10.7. The molecule has 182 valence electrons. The van der Waals surface area contributed by atoms with Crippen LogP contribution >= 0.6 is 11.3 Å². The van der Waals surface area contributed by atoms with Crippen LogP contribution < -0.4 is 16.0 Å². The van der Waals surface area contributed by atoms with Gasteiger partial charge in [-0.05, 0) is 32.9 Å². The van der Waals surface area contributed by atoms with E-state index < -0.39 is 42.1 Å². The van der Waals surface area contributed by atoms with Gasteiger partial charge in [-0.1, -0.05) is 6.58 Å². The summed E-state index contributed by atoms with van der Waals surface area (Å²) in [7, 11) is 1.12. The van der Waals surface area contributed by atoms with E-state index in [2.05, 4.69) is 37.2 Å². The van der Waals surface area contributed by atoms with Gasteiger partial charge < -0.3 is 25.2 Å². The molecule has 0 spiro atoms. The zero-order chi connectivity index (χ0) is 25.5. The number of aromatic nitrogens is 2. The third-order valence-corrected chi connectivity index (χ3v) is 4.78. The summed E-state index contributed by atoms with van der Waals surface area (Å²) in [6.07, 6.45) is 0.828. The molecule has 12 nitrogen and oxygen atoms in total. The lowest BCUT2D eigenvalue weighted by molar-refractivity contribution is -0.138. The second-order valence-electron chi connectivity index (χ2n) is 7.76. The fourth-order valence-corrected chi connectivity index (χ4v) is 3.14. The van der Waals surface area contributed by atoms with Gasteiger partial charge in [0.05, 0.1) is 13.7 Å². The summed E-state index contributed by atoms with van der Waals surface area (Å²) in [5.74, 6) is -2.14. The van der Waals surface area contributed by atoms with Crippen LogP contribution in [0.2, 0.25) is 0 Å². The monoisotopic (exact) mass is 491 g/mol. The van der Waals surface area contributed by atoms with E-state index in [1.54, 1.807) is 32.9 Å². The van der Waals surface area contributed by atoms with E-state index in [9.17, 15) is 24.3 Å². The van der Waals surface area contributed by atoms with Gasteiger partial charge in [0.1, 0.15) is 33.9 Å². The lowest BCUT2D eigenvalue weighted by Crippen LogP contribution is -2.49. The van der Waals surface area contributed by atoms with Crippen LogP contribution in [0.1, 0.15) is 31.3 Å². The Bertz CT molecular complexity index is 1080. The number of aliphatic hydroxyl groups is 1. The second kappa shape index (κ2) is 11.3. The smallest absolute Gasteiger partial charge is 0.413 e. The number of ether oxygens (including phenoxy) is 2. The Morgan fingerprint density at radius 3 is 2.50 bits per heavy atom. The molecule has 0 fully saturated rings. The molecular formula is C21H25N5O7S. The predicted molar refractivity (Wildman–Crippen MR) is 123 cm³/mol. The van der Waals surface area contributed by atoms with Crippen LogP contribution in [0, 0.1) is 0 Å². The van der Waals surface area contributed by atoms with Crippen LogP contribution in [0.5, 0.6) is 0 Å². The highest BCUT2D eigenvalue weighted by molar-refractivity contribution is 7.13. The molecular weight excluding hydrogens is 466 g/mol. The molecule has 0 aliphatic carbocycles. The van der Waals surface area contributed by atoms with Crippen molar-refractivity contribution < 1.29 is 33.8 Å². The molecule has 3 amide bonds. The van der Waals surface area contributed by atoms with Gasteiger partial charge in [-0.2, -0.15) is 0 Å². The fraction of sp³-hybridized carbons (Fsp3) is 0.333. The molecule has 0 bridgehead atoms. The minimum Gasteiger partial charge on any atom is -0.464 e. The Morgan fingerprint density at radius 1 is 1.24 bits per heavy atom. The fourth-order valence-electron chi connectivity index (χ4n) is 2.35. The van der Waals surface area contributed by atoms with Crippen LogP contribution in [0.15, 0.2) is 36.0 Å². The molecule has 0 aliphatic rings. The molecule has 0 saturated heterocycles. The highest BCUT2D eigenvalue weighted by Crippen LogP contribution is 2.24. The summed E-state index contributed by atoms with van der Waals surface area (Å²) < 4.78 is 9.59. The summed E-state index contributed by atoms with van der Waals surface area (Å²) in [4.78, 5) is 56.2. The molecule has 2 rings (SSSR count). The Labute approximate surface area is 199 Å². The topological polar surface area (TPSA) is 169 Å². The van der Waals surface area contributed by atoms with Gasteiger partial charge >= 0.3 is 12.1 Å². The number of esters is 1. The number of nitrogens with zero attached hydrogens (tertiary/aromatic N) is 2. The minimum atomic E-state index is -1.35. The molecule has 4 N–H and O–H groups in total. The number of rotatable bonds is 8. The van der Waals surface area contributed by atoms with Crippen molar-refractivity contribution in [3.05, 3.63) is 41.7 Å². The molecule has 2 heterocycles. The molecule has 0 aromatic carbocycles. The number of hydrogen-bond acceptors (Lipinski definition) is 10. The average Bonchev–Trinajstić information content (AvgIpc) is 3.26. The van der Waals surface area contributed by atoms with Gasteiger partial charge in [0.15, 0.2) is 0 Å². The summed E-state index contributed by atoms with van der Waals surface area (Å²) in [6, 6.07) is 1.86. The summed E-state index contributed by atoms with van der Waals surface area (Å²) in [5, 5.41) is 18.4. The molecule has 0 unspecified atom stereocenters. The van der Waals surface area contributed by atoms with E-state index in [1.165, 1.54) is 11.6 Å². The first-order chi connectivity index (χ1) is 15.9. The number of carbonyl (C=O) groups excluding carboxylic acids is 4. The van der Waals surface area contributed by atoms with Gasteiger partial charge in [0, 0.05) is 17.1 Å². The lowest BCUT2D eigenvalue weighted by atomic mass is 10.2. The molecule has 0 radical (unpaired) electrons. The molecule has 34 heavy (non-hydrogen) atoms. The van der Waals surface area contributed by atoms with Crippen molar-refractivity contribution in [3.63, 3.8) is 0 Å². The summed E-state index contributed by atoms with van der Waals surface area (Å²) in [6.45, 7) is 7.85. The third-order valence-electron chi connectivity index (χ3n) is 3.89. The van der Waals surface area contributed by atoms with Crippen molar-refractivity contribution in [1.82, 2.24) is 20.6 Å². The van der Waals surface area contributed by atoms with Gasteiger partial charge in [-0.15, -0.1) is 11.3 Å². The third kappa shape index (κ3) is 7.64. The molecule has 0 saturated carbocycles. The van der Waals surface area contributed by atoms with Crippen LogP contribution in [0.3, 0.4) is 0 Å². The first-order valence-electron chi connectivity index (χ1n) is 9.85. The van der Waals surface area contributed by atoms with E-state index in [0.717, 1.165) is 18.4 Å². The van der Waals surface area contributed by atoms with E-state index in [-0.39, 0.29) is 17.2 Å². The number of pyridine rings is 1. The van der Waals surface area contributed by atoms with Crippen molar-refractivity contribution in [1.29, 1.82) is 0 Å².